The summed E-state index contributed by atoms with van der Waals surface area (Å²) in [5.74, 6) is 0.109. The third-order valence-corrected chi connectivity index (χ3v) is 4.88. The van der Waals surface area contributed by atoms with E-state index in [4.69, 9.17) is 26.5 Å². The van der Waals surface area contributed by atoms with Gasteiger partial charge >= 0.3 is 5.97 Å². The zero-order valence-electron chi connectivity index (χ0n) is 18.4. The van der Waals surface area contributed by atoms with Gasteiger partial charge in [-0.3, -0.25) is 0 Å². The van der Waals surface area contributed by atoms with Gasteiger partial charge in [0.05, 0.1) is 18.8 Å². The summed E-state index contributed by atoms with van der Waals surface area (Å²) in [6.45, 7) is 2.74. The molecule has 0 bridgehead atoms. The van der Waals surface area contributed by atoms with Crippen LogP contribution in [0.15, 0.2) is 17.2 Å². The molecule has 0 aromatic heterocycles. The summed E-state index contributed by atoms with van der Waals surface area (Å²) in [5, 5.41) is 13.0. The molecule has 0 unspecified atom stereocenters. The van der Waals surface area contributed by atoms with Crippen LogP contribution >= 0.6 is 0 Å². The van der Waals surface area contributed by atoms with E-state index in [1.54, 1.807) is 12.1 Å². The van der Waals surface area contributed by atoms with Crippen LogP contribution in [0.25, 0.3) is 10.4 Å². The van der Waals surface area contributed by atoms with Crippen molar-refractivity contribution in [3.63, 3.8) is 0 Å². The third kappa shape index (κ3) is 11.5. The number of nitrogens with zero attached hydrogens (tertiary/aromatic N) is 3. The number of aromatic carboxylic acids is 1. The fraction of sp³-hybridized carbons (Fsp3) is 0.682. The zero-order chi connectivity index (χ0) is 22.7. The number of carbonyl (C=O) groups is 1. The number of hydrogen-bond acceptors (Lipinski definition) is 6. The number of carboxylic acids is 1. The van der Waals surface area contributed by atoms with E-state index in [2.05, 4.69) is 10.0 Å². The van der Waals surface area contributed by atoms with Crippen LogP contribution in [0.2, 0.25) is 0 Å². The van der Waals surface area contributed by atoms with Crippen molar-refractivity contribution in [2.24, 2.45) is 16.6 Å². The van der Waals surface area contributed by atoms with Crippen molar-refractivity contribution < 1.29 is 19.4 Å². The van der Waals surface area contributed by atoms with E-state index in [0.717, 1.165) is 63.4 Å². The van der Waals surface area contributed by atoms with Crippen LogP contribution in [0.4, 0.5) is 0 Å². The molecule has 31 heavy (non-hydrogen) atoms. The summed E-state index contributed by atoms with van der Waals surface area (Å²) in [5.41, 5.74) is 20.5. The molecule has 0 atom stereocenters. The van der Waals surface area contributed by atoms with Crippen molar-refractivity contribution in [1.82, 2.24) is 0 Å². The summed E-state index contributed by atoms with van der Waals surface area (Å²) in [6.07, 6.45) is 8.99. The van der Waals surface area contributed by atoms with Gasteiger partial charge in [-0.1, -0.05) is 30.8 Å². The lowest BCUT2D eigenvalue weighted by atomic mass is 10.0. The molecule has 0 saturated carbocycles. The predicted octanol–water partition coefficient (Wildman–Crippen LogP) is 4.42. The normalized spacial score (nSPS) is 10.5. The minimum Gasteiger partial charge on any atom is -0.493 e. The Labute approximate surface area is 184 Å². The highest BCUT2D eigenvalue weighted by Gasteiger charge is 2.17. The predicted molar refractivity (Wildman–Crippen MR) is 122 cm³/mol. The number of nitrogens with two attached hydrogens (primary N) is 2. The minimum absolute atomic E-state index is 0.152. The van der Waals surface area contributed by atoms with Crippen molar-refractivity contribution in [2.45, 2.75) is 64.2 Å². The zero-order valence-corrected chi connectivity index (χ0v) is 18.4. The molecule has 0 amide bonds. The lowest BCUT2D eigenvalue weighted by molar-refractivity contribution is 0.0695. The molecule has 0 radical (unpaired) electrons. The molecular weight excluding hydrogens is 398 g/mol. The van der Waals surface area contributed by atoms with Gasteiger partial charge in [-0.15, -0.1) is 0 Å². The highest BCUT2D eigenvalue weighted by molar-refractivity contribution is 5.89. The number of carboxylic acid groups (broad SMARTS) is 1. The molecule has 9 nitrogen and oxygen atoms in total. The maximum atomic E-state index is 11.6. The van der Waals surface area contributed by atoms with Gasteiger partial charge in [-0.05, 0) is 69.3 Å². The van der Waals surface area contributed by atoms with Crippen molar-refractivity contribution in [1.29, 1.82) is 0 Å². The van der Waals surface area contributed by atoms with Gasteiger partial charge in [0.15, 0.2) is 0 Å². The molecule has 9 heteroatoms. The van der Waals surface area contributed by atoms with Gasteiger partial charge in [0, 0.05) is 17.0 Å². The standard InChI is InChI=1S/C22H37N5O4/c23-11-5-1-3-7-14-30-20-16-18(22(28)29)17-21(19(20)10-9-12-24)31-15-8-4-2-6-13-26-27-25/h16-17H,1-15,23-24H2,(H,28,29). The van der Waals surface area contributed by atoms with Crippen LogP contribution in [-0.4, -0.2) is 43.9 Å². The largest absolute Gasteiger partial charge is 0.493 e. The number of hydrogen-bond donors (Lipinski definition) is 3. The second-order valence-corrected chi connectivity index (χ2v) is 7.42. The number of azide groups is 1. The fourth-order valence-corrected chi connectivity index (χ4v) is 3.17. The van der Waals surface area contributed by atoms with Gasteiger partial charge in [0.2, 0.25) is 0 Å². The molecule has 0 spiro atoms. The maximum Gasteiger partial charge on any atom is 0.335 e. The first kappa shape index (κ1) is 26.6. The van der Waals surface area contributed by atoms with Crippen LogP contribution in [-0.2, 0) is 6.42 Å². The third-order valence-electron chi connectivity index (χ3n) is 4.88. The Hall–Kier alpha value is -2.48. The lowest BCUT2D eigenvalue weighted by Crippen LogP contribution is -2.09. The molecule has 0 heterocycles. The Kier molecular flexibility index (Phi) is 14.8. The van der Waals surface area contributed by atoms with E-state index in [1.807, 2.05) is 0 Å². The van der Waals surface area contributed by atoms with Crippen LogP contribution in [0.3, 0.4) is 0 Å². The molecule has 0 aliphatic heterocycles. The molecule has 0 fully saturated rings. The van der Waals surface area contributed by atoms with Crippen molar-refractivity contribution in [3.05, 3.63) is 33.7 Å². The highest BCUT2D eigenvalue weighted by Crippen LogP contribution is 2.33. The van der Waals surface area contributed by atoms with E-state index >= 15 is 0 Å². The van der Waals surface area contributed by atoms with E-state index in [-0.39, 0.29) is 5.56 Å². The Balaban J connectivity index is 2.76. The molecule has 0 saturated heterocycles. The quantitative estimate of drug-likeness (QED) is 0.126. The highest BCUT2D eigenvalue weighted by atomic mass is 16.5. The molecule has 1 rings (SSSR count). The maximum absolute atomic E-state index is 11.6. The second kappa shape index (κ2) is 17.2. The van der Waals surface area contributed by atoms with Gasteiger partial charge in [0.1, 0.15) is 11.5 Å². The topological polar surface area (TPSA) is 157 Å². The molecule has 1 aromatic rings. The summed E-state index contributed by atoms with van der Waals surface area (Å²) >= 11 is 0. The van der Waals surface area contributed by atoms with E-state index < -0.39 is 5.97 Å². The molecule has 174 valence electrons. The monoisotopic (exact) mass is 435 g/mol. The van der Waals surface area contributed by atoms with E-state index in [0.29, 0.717) is 50.8 Å². The van der Waals surface area contributed by atoms with Gasteiger partial charge in [0.25, 0.3) is 0 Å². The van der Waals surface area contributed by atoms with E-state index in [9.17, 15) is 9.90 Å². The molecular formula is C22H37N5O4. The Morgan fingerprint density at radius 3 is 1.97 bits per heavy atom. The molecule has 0 aliphatic carbocycles. The number of ether oxygens (including phenoxy) is 2. The van der Waals surface area contributed by atoms with Crippen LogP contribution < -0.4 is 20.9 Å². The molecule has 0 aliphatic rings. The molecule has 5 N–H and O–H groups in total. The summed E-state index contributed by atoms with van der Waals surface area (Å²) < 4.78 is 11.9. The van der Waals surface area contributed by atoms with Gasteiger partial charge < -0.3 is 26.0 Å². The fourth-order valence-electron chi connectivity index (χ4n) is 3.17. The van der Waals surface area contributed by atoms with Crippen LogP contribution in [0.5, 0.6) is 11.5 Å². The Bertz CT molecular complexity index is 693. The average molecular weight is 436 g/mol. The van der Waals surface area contributed by atoms with Crippen molar-refractivity contribution in [2.75, 3.05) is 32.8 Å². The SMILES string of the molecule is [N-]=[N+]=NCCCCCCOc1cc(C(=O)O)cc(OCCCCCCN)c1CCCN. The molecule has 1 aromatic carbocycles. The summed E-state index contributed by atoms with van der Waals surface area (Å²) in [4.78, 5) is 14.3. The number of benzene rings is 1. The summed E-state index contributed by atoms with van der Waals surface area (Å²) in [6, 6.07) is 3.15. The minimum atomic E-state index is -1.01. The van der Waals surface area contributed by atoms with Gasteiger partial charge in [-0.2, -0.15) is 0 Å². The summed E-state index contributed by atoms with van der Waals surface area (Å²) in [7, 11) is 0. The van der Waals surface area contributed by atoms with Gasteiger partial charge in [-0.25, -0.2) is 4.79 Å². The Morgan fingerprint density at radius 2 is 1.45 bits per heavy atom. The van der Waals surface area contributed by atoms with Crippen LogP contribution in [0.1, 0.15) is 73.7 Å². The first-order chi connectivity index (χ1) is 15.1. The number of unbranched alkanes of at least 4 members (excludes halogenated alkanes) is 6. The van der Waals surface area contributed by atoms with Crippen molar-refractivity contribution in [3.8, 4) is 11.5 Å². The van der Waals surface area contributed by atoms with Crippen LogP contribution in [0, 0.1) is 0 Å². The smallest absolute Gasteiger partial charge is 0.335 e. The first-order valence-corrected chi connectivity index (χ1v) is 11.2. The van der Waals surface area contributed by atoms with E-state index in [1.165, 1.54) is 0 Å². The second-order valence-electron chi connectivity index (χ2n) is 7.42. The lowest BCUT2D eigenvalue weighted by Gasteiger charge is -2.18. The number of rotatable bonds is 19. The van der Waals surface area contributed by atoms with Crippen molar-refractivity contribution >= 4 is 5.97 Å². The average Bonchev–Trinajstić information content (AvgIpc) is 2.76. The Morgan fingerprint density at radius 1 is 0.903 bits per heavy atom. The first-order valence-electron chi connectivity index (χ1n) is 11.2.